The first kappa shape index (κ1) is 22.2. The molecule has 168 valence electrons. The Bertz CT molecular complexity index is 1120. The number of rotatable bonds is 4. The van der Waals surface area contributed by atoms with E-state index in [-0.39, 0.29) is 12.1 Å². The average molecular weight is 455 g/mol. The molecule has 1 saturated heterocycles. The molecule has 1 atom stereocenters. The van der Waals surface area contributed by atoms with Gasteiger partial charge < -0.3 is 15.4 Å². The van der Waals surface area contributed by atoms with Gasteiger partial charge in [0.05, 0.1) is 34.0 Å². The van der Waals surface area contributed by atoms with E-state index < -0.39 is 5.60 Å². The van der Waals surface area contributed by atoms with Crippen LogP contribution in [0, 0.1) is 0 Å². The van der Waals surface area contributed by atoms with Crippen molar-refractivity contribution in [1.29, 1.82) is 0 Å². The van der Waals surface area contributed by atoms with Crippen molar-refractivity contribution in [3.05, 3.63) is 59.1 Å². The van der Waals surface area contributed by atoms with E-state index in [4.69, 9.17) is 16.3 Å². The van der Waals surface area contributed by atoms with Gasteiger partial charge in [-0.15, -0.1) is 0 Å². The highest BCUT2D eigenvalue weighted by atomic mass is 35.5. The second-order valence-corrected chi connectivity index (χ2v) is 9.12. The largest absolute Gasteiger partial charge is 0.444 e. The first-order valence-corrected chi connectivity index (χ1v) is 11.0. The van der Waals surface area contributed by atoms with Crippen LogP contribution in [0.4, 0.5) is 10.5 Å². The summed E-state index contributed by atoms with van der Waals surface area (Å²) in [4.78, 5) is 27.6. The number of carbonyl (C=O) groups excluding carboxylic acids is 1. The van der Waals surface area contributed by atoms with Gasteiger partial charge in [-0.05, 0) is 38.5 Å². The van der Waals surface area contributed by atoms with Crippen molar-refractivity contribution in [3.8, 4) is 0 Å². The maximum Gasteiger partial charge on any atom is 0.410 e. The molecule has 1 unspecified atom stereocenters. The van der Waals surface area contributed by atoms with Crippen molar-refractivity contribution < 1.29 is 9.53 Å². The molecule has 0 spiro atoms. The number of fused-ring (bicyclic) bond motifs is 1. The summed E-state index contributed by atoms with van der Waals surface area (Å²) in [5.41, 5.74) is 3.76. The number of halogens is 1. The predicted octanol–water partition coefficient (Wildman–Crippen LogP) is 4.17. The third-order valence-electron chi connectivity index (χ3n) is 5.16. The Morgan fingerprint density at radius 2 is 2.03 bits per heavy atom. The van der Waals surface area contributed by atoms with Gasteiger partial charge in [0.15, 0.2) is 0 Å². The van der Waals surface area contributed by atoms with Gasteiger partial charge in [-0.3, -0.25) is 19.9 Å². The van der Waals surface area contributed by atoms with E-state index in [1.807, 2.05) is 39.0 Å². The number of benzene rings is 1. The van der Waals surface area contributed by atoms with Gasteiger partial charge >= 0.3 is 6.09 Å². The highest BCUT2D eigenvalue weighted by Gasteiger charge is 2.34. The Labute approximate surface area is 192 Å². The predicted molar refractivity (Wildman–Crippen MR) is 125 cm³/mol. The van der Waals surface area contributed by atoms with Crippen LogP contribution in [0.2, 0.25) is 5.02 Å². The molecule has 1 aliphatic heterocycles. The van der Waals surface area contributed by atoms with E-state index >= 15 is 0 Å². The fraction of sp³-hybridized carbons (Fsp3) is 0.391. The minimum absolute atomic E-state index is 0.279. The van der Waals surface area contributed by atoms with E-state index in [1.54, 1.807) is 29.7 Å². The van der Waals surface area contributed by atoms with Crippen LogP contribution < -0.4 is 10.6 Å². The summed E-state index contributed by atoms with van der Waals surface area (Å²) in [7, 11) is 0. The van der Waals surface area contributed by atoms with Gasteiger partial charge in [0.25, 0.3) is 0 Å². The van der Waals surface area contributed by atoms with Crippen molar-refractivity contribution in [1.82, 2.24) is 25.2 Å². The molecule has 3 aromatic rings. The lowest BCUT2D eigenvalue weighted by atomic mass is 10.0. The molecule has 3 heterocycles. The molecule has 0 radical (unpaired) electrons. The minimum atomic E-state index is -0.575. The van der Waals surface area contributed by atoms with E-state index in [1.165, 1.54) is 0 Å². The Hall–Kier alpha value is -2.97. The molecule has 0 bridgehead atoms. The number of nitrogens with zero attached hydrogens (tertiary/aromatic N) is 4. The molecule has 2 aromatic heterocycles. The van der Waals surface area contributed by atoms with E-state index in [0.29, 0.717) is 31.2 Å². The Morgan fingerprint density at radius 1 is 1.25 bits per heavy atom. The highest BCUT2D eigenvalue weighted by Crippen LogP contribution is 2.35. The molecule has 4 rings (SSSR count). The van der Waals surface area contributed by atoms with Crippen LogP contribution in [-0.4, -0.2) is 51.2 Å². The van der Waals surface area contributed by atoms with Crippen LogP contribution in [0.5, 0.6) is 0 Å². The minimum Gasteiger partial charge on any atom is -0.444 e. The number of hydrogen-bond acceptors (Lipinski definition) is 7. The number of hydrogen-bond donors (Lipinski definition) is 2. The Kier molecular flexibility index (Phi) is 6.43. The summed E-state index contributed by atoms with van der Waals surface area (Å²) in [6.45, 7) is 7.94. The van der Waals surface area contributed by atoms with Gasteiger partial charge in [0.2, 0.25) is 0 Å². The number of amides is 1. The van der Waals surface area contributed by atoms with Crippen molar-refractivity contribution in [2.45, 2.75) is 39.0 Å². The smallest absolute Gasteiger partial charge is 0.410 e. The summed E-state index contributed by atoms with van der Waals surface area (Å²) in [5, 5.41) is 7.30. The molecule has 1 aromatic carbocycles. The third kappa shape index (κ3) is 5.08. The van der Waals surface area contributed by atoms with E-state index in [0.717, 1.165) is 27.8 Å². The zero-order chi connectivity index (χ0) is 22.7. The lowest BCUT2D eigenvalue weighted by molar-refractivity contribution is 0.0119. The lowest BCUT2D eigenvalue weighted by Gasteiger charge is -2.38. The molecule has 1 amide bonds. The summed E-state index contributed by atoms with van der Waals surface area (Å²) in [6.07, 6.45) is 6.36. The van der Waals surface area contributed by atoms with Crippen molar-refractivity contribution >= 4 is 34.4 Å². The molecule has 0 saturated carbocycles. The molecular formula is C23H27ClN6O2. The first-order valence-electron chi connectivity index (χ1n) is 10.6. The van der Waals surface area contributed by atoms with Crippen molar-refractivity contribution in [3.63, 3.8) is 0 Å². The zero-order valence-corrected chi connectivity index (χ0v) is 19.2. The Morgan fingerprint density at radius 3 is 2.81 bits per heavy atom. The number of pyridine rings is 1. The molecule has 2 N–H and O–H groups in total. The van der Waals surface area contributed by atoms with Crippen LogP contribution in [0.15, 0.2) is 43.0 Å². The van der Waals surface area contributed by atoms with Gasteiger partial charge in [-0.2, -0.15) is 0 Å². The molecule has 9 heteroatoms. The normalized spacial score (nSPS) is 16.8. The van der Waals surface area contributed by atoms with Gasteiger partial charge in [-0.25, -0.2) is 4.79 Å². The standard InChI is InChI=1S/C23H27ClN6O2/c1-23(2,3)32-22(31)30-9-8-25-14-20(30)21-16(24)12-26-13-19(21)29-11-15-4-5-17-18(10-15)28-7-6-27-17/h4-7,10,12-13,20,25,29H,8-9,11,14H2,1-3H3. The molecule has 1 fully saturated rings. The highest BCUT2D eigenvalue weighted by molar-refractivity contribution is 6.31. The van der Waals surface area contributed by atoms with E-state index in [9.17, 15) is 4.79 Å². The second kappa shape index (κ2) is 9.26. The summed E-state index contributed by atoms with van der Waals surface area (Å²) in [5.74, 6) is 0. The van der Waals surface area contributed by atoms with Crippen LogP contribution in [-0.2, 0) is 11.3 Å². The van der Waals surface area contributed by atoms with Gasteiger partial charge in [0, 0.05) is 50.3 Å². The zero-order valence-electron chi connectivity index (χ0n) is 18.4. The van der Waals surface area contributed by atoms with Crippen LogP contribution >= 0.6 is 11.6 Å². The van der Waals surface area contributed by atoms with Gasteiger partial charge in [0.1, 0.15) is 5.60 Å². The number of aromatic nitrogens is 3. The number of nitrogens with one attached hydrogen (secondary N) is 2. The number of carbonyl (C=O) groups is 1. The second-order valence-electron chi connectivity index (χ2n) is 8.71. The number of piperazine rings is 1. The fourth-order valence-electron chi connectivity index (χ4n) is 3.74. The Balaban J connectivity index is 1.59. The topological polar surface area (TPSA) is 92.3 Å². The number of ether oxygens (including phenoxy) is 1. The van der Waals surface area contributed by atoms with Crippen LogP contribution in [0.3, 0.4) is 0 Å². The van der Waals surface area contributed by atoms with Crippen molar-refractivity contribution in [2.24, 2.45) is 0 Å². The van der Waals surface area contributed by atoms with E-state index in [2.05, 4.69) is 25.6 Å². The summed E-state index contributed by atoms with van der Waals surface area (Å²) in [6, 6.07) is 5.68. The van der Waals surface area contributed by atoms with Crippen molar-refractivity contribution in [2.75, 3.05) is 25.0 Å². The molecule has 8 nitrogen and oxygen atoms in total. The molecule has 0 aliphatic carbocycles. The van der Waals surface area contributed by atoms with Crippen LogP contribution in [0.25, 0.3) is 11.0 Å². The molecular weight excluding hydrogens is 428 g/mol. The fourth-order valence-corrected chi connectivity index (χ4v) is 4.03. The third-order valence-corrected chi connectivity index (χ3v) is 5.46. The summed E-state index contributed by atoms with van der Waals surface area (Å²) < 4.78 is 5.65. The maximum absolute atomic E-state index is 12.9. The quantitative estimate of drug-likeness (QED) is 0.611. The lowest BCUT2D eigenvalue weighted by Crippen LogP contribution is -2.50. The first-order chi connectivity index (χ1) is 15.3. The average Bonchev–Trinajstić information content (AvgIpc) is 2.76. The van der Waals surface area contributed by atoms with Gasteiger partial charge in [-0.1, -0.05) is 17.7 Å². The van der Waals surface area contributed by atoms with Crippen LogP contribution in [0.1, 0.15) is 37.9 Å². The monoisotopic (exact) mass is 454 g/mol. The summed E-state index contributed by atoms with van der Waals surface area (Å²) >= 11 is 6.60. The molecule has 1 aliphatic rings. The number of anilines is 1. The molecule has 32 heavy (non-hydrogen) atoms. The maximum atomic E-state index is 12.9. The SMILES string of the molecule is CC(C)(C)OC(=O)N1CCNCC1c1c(Cl)cncc1NCc1ccc2nccnc2c1.